The van der Waals surface area contributed by atoms with Crippen LogP contribution in [0.15, 0.2) is 24.4 Å². The number of amides is 1. The number of carboxylic acid groups (broad SMARTS) is 1. The number of aliphatic carboxylic acids is 1. The summed E-state index contributed by atoms with van der Waals surface area (Å²) in [5, 5.41) is 8.67. The summed E-state index contributed by atoms with van der Waals surface area (Å²) in [7, 11) is 0. The van der Waals surface area contributed by atoms with Gasteiger partial charge in [0.25, 0.3) is 5.91 Å². The number of aromatic nitrogens is 1. The molecule has 0 aliphatic heterocycles. The van der Waals surface area contributed by atoms with Gasteiger partial charge < -0.3 is 10.0 Å². The number of carboxylic acids is 1. The van der Waals surface area contributed by atoms with Crippen LogP contribution in [0, 0.1) is 0 Å². The Balaban J connectivity index is 2.99. The van der Waals surface area contributed by atoms with E-state index in [2.05, 4.69) is 11.9 Å². The second-order valence-electron chi connectivity index (χ2n) is 4.35. The molecule has 5 nitrogen and oxygen atoms in total. The largest absolute Gasteiger partial charge is 0.478 e. The predicted molar refractivity (Wildman–Crippen MR) is 77.4 cm³/mol. The summed E-state index contributed by atoms with van der Waals surface area (Å²) >= 11 is 0. The highest BCUT2D eigenvalue weighted by atomic mass is 16.4. The average molecular weight is 276 g/mol. The molecule has 0 atom stereocenters. The molecule has 1 rings (SSSR count). The first-order valence-electron chi connectivity index (χ1n) is 6.75. The molecule has 0 aliphatic rings. The van der Waals surface area contributed by atoms with Crippen LogP contribution in [0.4, 0.5) is 0 Å². The van der Waals surface area contributed by atoms with Gasteiger partial charge in [-0.15, -0.1) is 0 Å². The van der Waals surface area contributed by atoms with Crippen molar-refractivity contribution in [2.24, 2.45) is 0 Å². The average Bonchev–Trinajstić information content (AvgIpc) is 2.46. The number of rotatable bonds is 7. The topological polar surface area (TPSA) is 70.5 Å². The Hall–Kier alpha value is -2.17. The maximum absolute atomic E-state index is 12.4. The van der Waals surface area contributed by atoms with Crippen molar-refractivity contribution < 1.29 is 14.7 Å². The first-order chi connectivity index (χ1) is 9.60. The summed E-state index contributed by atoms with van der Waals surface area (Å²) < 4.78 is 0. The third-order valence-electron chi connectivity index (χ3n) is 2.90. The fraction of sp³-hybridized carbons (Fsp3) is 0.400. The maximum Gasteiger partial charge on any atom is 0.328 e. The second-order valence-corrected chi connectivity index (χ2v) is 4.35. The number of nitrogens with zero attached hydrogens (tertiary/aromatic N) is 2. The number of pyridine rings is 1. The van der Waals surface area contributed by atoms with Crippen molar-refractivity contribution in [3.8, 4) is 0 Å². The monoisotopic (exact) mass is 276 g/mol. The molecule has 0 aromatic carbocycles. The fourth-order valence-electron chi connectivity index (χ4n) is 1.79. The third-order valence-corrected chi connectivity index (χ3v) is 2.90. The Morgan fingerprint density at radius 2 is 2.15 bits per heavy atom. The molecule has 0 spiro atoms. The van der Waals surface area contributed by atoms with E-state index >= 15 is 0 Å². The molecule has 0 unspecified atom stereocenters. The Morgan fingerprint density at radius 3 is 2.75 bits per heavy atom. The minimum atomic E-state index is -1.05. The standard InChI is InChI=1S/C15H20N2O3/c1-3-5-11-17(4-2)15(20)14-12(7-6-10-16-14)8-9-13(18)19/h6-10H,3-5,11H2,1-2H3,(H,18,19)/b9-8+. The molecule has 0 radical (unpaired) electrons. The van der Waals surface area contributed by atoms with Crippen molar-refractivity contribution in [2.75, 3.05) is 13.1 Å². The minimum absolute atomic E-state index is 0.161. The molecule has 1 heterocycles. The molecule has 0 saturated heterocycles. The molecular weight excluding hydrogens is 256 g/mol. The normalized spacial score (nSPS) is 10.7. The van der Waals surface area contributed by atoms with Crippen LogP contribution in [-0.2, 0) is 4.79 Å². The van der Waals surface area contributed by atoms with E-state index in [4.69, 9.17) is 5.11 Å². The summed E-state index contributed by atoms with van der Waals surface area (Å²) in [5.74, 6) is -1.21. The van der Waals surface area contributed by atoms with Gasteiger partial charge in [-0.05, 0) is 25.5 Å². The molecule has 20 heavy (non-hydrogen) atoms. The maximum atomic E-state index is 12.4. The summed E-state index contributed by atoms with van der Waals surface area (Å²) in [5.41, 5.74) is 0.817. The number of carbonyl (C=O) groups is 2. The molecular formula is C15H20N2O3. The highest BCUT2D eigenvalue weighted by molar-refractivity contribution is 5.97. The van der Waals surface area contributed by atoms with Crippen molar-refractivity contribution in [1.82, 2.24) is 9.88 Å². The molecule has 0 aliphatic carbocycles. The van der Waals surface area contributed by atoms with E-state index in [-0.39, 0.29) is 5.91 Å². The molecule has 1 aromatic heterocycles. The van der Waals surface area contributed by atoms with Gasteiger partial charge in [0, 0.05) is 30.9 Å². The van der Waals surface area contributed by atoms with Crippen molar-refractivity contribution in [3.63, 3.8) is 0 Å². The third kappa shape index (κ3) is 4.50. The molecule has 1 aromatic rings. The highest BCUT2D eigenvalue weighted by Crippen LogP contribution is 2.11. The SMILES string of the molecule is CCCCN(CC)C(=O)c1ncccc1/C=C/C(=O)O. The van der Waals surface area contributed by atoms with Gasteiger partial charge in [0.05, 0.1) is 0 Å². The second kappa shape index (κ2) is 8.09. The lowest BCUT2D eigenvalue weighted by Gasteiger charge is -2.20. The van der Waals surface area contributed by atoms with Crippen molar-refractivity contribution in [1.29, 1.82) is 0 Å². The molecule has 108 valence electrons. The van der Waals surface area contributed by atoms with Gasteiger partial charge in [0.15, 0.2) is 0 Å². The number of hydrogen-bond acceptors (Lipinski definition) is 3. The Kier molecular flexibility index (Phi) is 6.43. The summed E-state index contributed by atoms with van der Waals surface area (Å²) in [6, 6.07) is 3.37. The van der Waals surface area contributed by atoms with E-state index in [1.54, 1.807) is 23.2 Å². The van der Waals surface area contributed by atoms with Crippen LogP contribution in [0.3, 0.4) is 0 Å². The van der Waals surface area contributed by atoms with Gasteiger partial charge in [-0.3, -0.25) is 9.78 Å². The number of unbranched alkanes of at least 4 members (excludes halogenated alkanes) is 1. The zero-order valence-electron chi connectivity index (χ0n) is 11.9. The zero-order chi connectivity index (χ0) is 15.0. The molecule has 0 saturated carbocycles. The number of hydrogen-bond donors (Lipinski definition) is 1. The van der Waals surface area contributed by atoms with Crippen LogP contribution >= 0.6 is 0 Å². The zero-order valence-corrected chi connectivity index (χ0v) is 11.9. The van der Waals surface area contributed by atoms with Crippen LogP contribution in [0.25, 0.3) is 6.08 Å². The Morgan fingerprint density at radius 1 is 1.40 bits per heavy atom. The van der Waals surface area contributed by atoms with E-state index in [9.17, 15) is 9.59 Å². The van der Waals surface area contributed by atoms with Crippen LogP contribution in [0.5, 0.6) is 0 Å². The molecule has 1 N–H and O–H groups in total. The van der Waals surface area contributed by atoms with Gasteiger partial charge in [0.2, 0.25) is 0 Å². The predicted octanol–water partition coefficient (Wildman–Crippen LogP) is 2.44. The van der Waals surface area contributed by atoms with E-state index in [1.165, 1.54) is 6.08 Å². The van der Waals surface area contributed by atoms with Crippen molar-refractivity contribution >= 4 is 18.0 Å². The molecule has 0 bridgehead atoms. The van der Waals surface area contributed by atoms with E-state index in [0.29, 0.717) is 24.3 Å². The first-order valence-corrected chi connectivity index (χ1v) is 6.75. The van der Waals surface area contributed by atoms with Crippen LogP contribution in [0.2, 0.25) is 0 Å². The summed E-state index contributed by atoms with van der Waals surface area (Å²) in [4.78, 5) is 28.8. The van der Waals surface area contributed by atoms with Gasteiger partial charge >= 0.3 is 5.97 Å². The summed E-state index contributed by atoms with van der Waals surface area (Å²) in [6.45, 7) is 5.28. The molecule has 1 amide bonds. The van der Waals surface area contributed by atoms with Crippen LogP contribution in [-0.4, -0.2) is 40.0 Å². The first kappa shape index (κ1) is 15.9. The highest BCUT2D eigenvalue weighted by Gasteiger charge is 2.17. The lowest BCUT2D eigenvalue weighted by molar-refractivity contribution is -0.131. The lowest BCUT2D eigenvalue weighted by atomic mass is 10.1. The minimum Gasteiger partial charge on any atom is -0.478 e. The van der Waals surface area contributed by atoms with Gasteiger partial charge in [-0.2, -0.15) is 0 Å². The van der Waals surface area contributed by atoms with Crippen LogP contribution in [0.1, 0.15) is 42.7 Å². The Labute approximate surface area is 118 Å². The van der Waals surface area contributed by atoms with E-state index in [1.807, 2.05) is 6.92 Å². The Bertz CT molecular complexity index is 498. The van der Waals surface area contributed by atoms with Crippen molar-refractivity contribution in [3.05, 3.63) is 35.7 Å². The fourth-order valence-corrected chi connectivity index (χ4v) is 1.79. The van der Waals surface area contributed by atoms with Crippen LogP contribution < -0.4 is 0 Å². The van der Waals surface area contributed by atoms with E-state index < -0.39 is 5.97 Å². The van der Waals surface area contributed by atoms with Gasteiger partial charge in [-0.25, -0.2) is 4.79 Å². The van der Waals surface area contributed by atoms with E-state index in [0.717, 1.165) is 18.9 Å². The summed E-state index contributed by atoms with van der Waals surface area (Å²) in [6.07, 6.45) is 5.90. The number of carbonyl (C=O) groups excluding carboxylic acids is 1. The van der Waals surface area contributed by atoms with Gasteiger partial charge in [-0.1, -0.05) is 19.4 Å². The molecule has 5 heteroatoms. The van der Waals surface area contributed by atoms with Crippen molar-refractivity contribution in [2.45, 2.75) is 26.7 Å². The lowest BCUT2D eigenvalue weighted by Crippen LogP contribution is -2.32. The quantitative estimate of drug-likeness (QED) is 0.776. The van der Waals surface area contributed by atoms with Gasteiger partial charge in [0.1, 0.15) is 5.69 Å². The molecule has 0 fully saturated rings. The smallest absolute Gasteiger partial charge is 0.328 e.